The number of ether oxygens (including phenoxy) is 5. The molecule has 2 aromatic carbocycles. The summed E-state index contributed by atoms with van der Waals surface area (Å²) in [6, 6.07) is 16.1. The van der Waals surface area contributed by atoms with Gasteiger partial charge in [0.1, 0.15) is 11.2 Å². The van der Waals surface area contributed by atoms with Crippen LogP contribution in [0.3, 0.4) is 0 Å². The van der Waals surface area contributed by atoms with Gasteiger partial charge < -0.3 is 33.9 Å². The van der Waals surface area contributed by atoms with E-state index >= 15 is 0 Å². The molecule has 0 radical (unpaired) electrons. The van der Waals surface area contributed by atoms with Gasteiger partial charge in [-0.2, -0.15) is 0 Å². The molecule has 12 nitrogen and oxygen atoms in total. The highest BCUT2D eigenvalue weighted by Gasteiger charge is 2.91. The van der Waals surface area contributed by atoms with Crippen LogP contribution in [-0.2, 0) is 39.9 Å². The number of hydrogen-bond donors (Lipinski definition) is 2. The van der Waals surface area contributed by atoms with Crippen LogP contribution in [0.25, 0.3) is 0 Å². The van der Waals surface area contributed by atoms with E-state index in [-0.39, 0.29) is 78.6 Å². The summed E-state index contributed by atoms with van der Waals surface area (Å²) in [6.07, 6.45) is 0.553. The molecule has 14 atom stereocenters. The normalized spacial score (nSPS) is 43.9. The largest absolute Gasteiger partial charge is 0.461 e. The Morgan fingerprint density at radius 3 is 2.40 bits per heavy atom. The molecule has 2 aliphatic heterocycles. The zero-order chi connectivity index (χ0) is 38.7. The molecule has 5 saturated carbocycles. The molecule has 14 unspecified atom stereocenters. The third-order valence-corrected chi connectivity index (χ3v) is 15.5. The maximum absolute atomic E-state index is 14.2. The van der Waals surface area contributed by atoms with Gasteiger partial charge in [0.2, 0.25) is 11.8 Å². The lowest BCUT2D eigenvalue weighted by Gasteiger charge is -2.70. The SMILES string of the molecule is CCN1CC2(COC(=O)c3ccccc3N3C(=O)CC(C)C3=O)CCC(OC)C34C5CC6C(OC)CC(O)(C5C6OCc5ccccc5)C(O)(C(OC)C23)C14. The Kier molecular flexibility index (Phi) is 8.93. The number of likely N-dealkylation sites (N-methyl/N-ethyl adjacent to an activating group) is 1. The minimum Gasteiger partial charge on any atom is -0.461 e. The van der Waals surface area contributed by atoms with Crippen molar-refractivity contribution >= 4 is 23.5 Å². The molecular formula is C43H54N2O10. The summed E-state index contributed by atoms with van der Waals surface area (Å²) in [5.41, 5.74) is -3.32. The van der Waals surface area contributed by atoms with Gasteiger partial charge >= 0.3 is 5.97 Å². The van der Waals surface area contributed by atoms with Gasteiger partial charge in [-0.05, 0) is 49.4 Å². The van der Waals surface area contributed by atoms with Gasteiger partial charge in [0.15, 0.2) is 0 Å². The minimum absolute atomic E-state index is 0.0139. The number of nitrogens with zero attached hydrogens (tertiary/aromatic N) is 2. The van der Waals surface area contributed by atoms with Crippen molar-refractivity contribution < 1.29 is 48.3 Å². The zero-order valence-corrected chi connectivity index (χ0v) is 32.4. The number of methoxy groups -OCH3 is 3. The molecule has 0 aromatic heterocycles. The first-order valence-corrected chi connectivity index (χ1v) is 20.0. The molecule has 9 rings (SSSR count). The Labute approximate surface area is 322 Å². The number of aliphatic hydroxyl groups is 2. The van der Waals surface area contributed by atoms with Crippen LogP contribution in [0.2, 0.25) is 0 Å². The number of hydrogen-bond acceptors (Lipinski definition) is 11. The van der Waals surface area contributed by atoms with E-state index in [1.54, 1.807) is 52.5 Å². The molecule has 2 aromatic rings. The summed E-state index contributed by atoms with van der Waals surface area (Å²) in [6.45, 7) is 5.29. The molecule has 2 heterocycles. The van der Waals surface area contributed by atoms with Crippen LogP contribution in [0.5, 0.6) is 0 Å². The lowest BCUT2D eigenvalue weighted by molar-refractivity contribution is -0.321. The molecule has 12 heteroatoms. The van der Waals surface area contributed by atoms with Gasteiger partial charge in [-0.3, -0.25) is 14.5 Å². The summed E-state index contributed by atoms with van der Waals surface area (Å²) in [5.74, 6) is -2.68. The average molecular weight is 759 g/mol. The van der Waals surface area contributed by atoms with Crippen molar-refractivity contribution in [3.63, 3.8) is 0 Å². The fourth-order valence-electron chi connectivity index (χ4n) is 13.8. The van der Waals surface area contributed by atoms with E-state index in [2.05, 4.69) is 11.8 Å². The van der Waals surface area contributed by atoms with Gasteiger partial charge in [-0.1, -0.05) is 56.3 Å². The highest BCUT2D eigenvalue weighted by Crippen LogP contribution is 2.80. The Bertz CT molecular complexity index is 1860. The van der Waals surface area contributed by atoms with Crippen LogP contribution in [0, 0.1) is 40.4 Å². The average Bonchev–Trinajstić information content (AvgIpc) is 3.72. The topological polar surface area (TPSA) is 144 Å². The van der Waals surface area contributed by atoms with E-state index in [4.69, 9.17) is 23.7 Å². The number of para-hydroxylation sites is 1. The summed E-state index contributed by atoms with van der Waals surface area (Å²) in [5, 5.41) is 27.2. The monoisotopic (exact) mass is 758 g/mol. The molecule has 1 spiro atoms. The number of amides is 2. The molecule has 55 heavy (non-hydrogen) atoms. The van der Waals surface area contributed by atoms with Crippen LogP contribution < -0.4 is 4.90 Å². The van der Waals surface area contributed by atoms with E-state index < -0.39 is 52.0 Å². The quantitative estimate of drug-likeness (QED) is 0.256. The van der Waals surface area contributed by atoms with E-state index in [1.165, 1.54) is 0 Å². The van der Waals surface area contributed by atoms with Crippen LogP contribution in [0.1, 0.15) is 61.9 Å². The summed E-state index contributed by atoms with van der Waals surface area (Å²) in [7, 11) is 5.05. The van der Waals surface area contributed by atoms with Crippen molar-refractivity contribution in [3.05, 3.63) is 65.7 Å². The van der Waals surface area contributed by atoms with Crippen molar-refractivity contribution in [2.75, 3.05) is 45.9 Å². The van der Waals surface area contributed by atoms with E-state index in [0.29, 0.717) is 32.5 Å². The Hall–Kier alpha value is -3.23. The molecule has 7 fully saturated rings. The van der Waals surface area contributed by atoms with Crippen LogP contribution in [0.4, 0.5) is 5.69 Å². The zero-order valence-electron chi connectivity index (χ0n) is 32.4. The Morgan fingerprint density at radius 1 is 0.982 bits per heavy atom. The number of esters is 1. The molecular weight excluding hydrogens is 704 g/mol. The third-order valence-electron chi connectivity index (χ3n) is 15.5. The number of carbonyl (C=O) groups excluding carboxylic acids is 3. The second kappa shape index (κ2) is 13.2. The van der Waals surface area contributed by atoms with Gasteiger partial charge in [-0.25, -0.2) is 9.69 Å². The third kappa shape index (κ3) is 4.73. The van der Waals surface area contributed by atoms with E-state index in [9.17, 15) is 24.6 Å². The molecule has 7 aliphatic rings. The Morgan fingerprint density at radius 2 is 1.73 bits per heavy atom. The van der Waals surface area contributed by atoms with E-state index in [1.807, 2.05) is 30.3 Å². The Balaban J connectivity index is 1.13. The lowest BCUT2D eigenvalue weighted by atomic mass is 9.42. The van der Waals surface area contributed by atoms with Crippen molar-refractivity contribution in [2.45, 2.75) is 94.2 Å². The number of rotatable bonds is 11. The predicted molar refractivity (Wildman–Crippen MR) is 199 cm³/mol. The first-order chi connectivity index (χ1) is 26.5. The smallest absolute Gasteiger partial charge is 0.340 e. The highest BCUT2D eigenvalue weighted by atomic mass is 16.5. The number of imide groups is 1. The molecule has 296 valence electrons. The minimum atomic E-state index is -1.74. The highest BCUT2D eigenvalue weighted by molar-refractivity contribution is 6.22. The second-order valence-corrected chi connectivity index (χ2v) is 17.5. The van der Waals surface area contributed by atoms with Crippen molar-refractivity contribution in [1.82, 2.24) is 4.90 Å². The maximum atomic E-state index is 14.2. The summed E-state index contributed by atoms with van der Waals surface area (Å²) >= 11 is 0. The molecule has 7 bridgehead atoms. The molecule has 2 N–H and O–H groups in total. The number of benzene rings is 2. The fraction of sp³-hybridized carbons (Fsp3) is 0.651. The molecule has 5 aliphatic carbocycles. The maximum Gasteiger partial charge on any atom is 0.340 e. The van der Waals surface area contributed by atoms with Gasteiger partial charge in [0.05, 0.1) is 54.9 Å². The van der Waals surface area contributed by atoms with Gasteiger partial charge in [-0.15, -0.1) is 0 Å². The van der Waals surface area contributed by atoms with Gasteiger partial charge in [0, 0.05) is 75.2 Å². The second-order valence-electron chi connectivity index (χ2n) is 17.5. The number of carbonyl (C=O) groups is 3. The van der Waals surface area contributed by atoms with E-state index in [0.717, 1.165) is 16.9 Å². The van der Waals surface area contributed by atoms with Gasteiger partial charge in [0.25, 0.3) is 0 Å². The molecule has 2 saturated heterocycles. The fourth-order valence-corrected chi connectivity index (χ4v) is 13.8. The van der Waals surface area contributed by atoms with Crippen molar-refractivity contribution in [2.24, 2.45) is 40.4 Å². The number of anilines is 1. The van der Waals surface area contributed by atoms with Crippen LogP contribution in [-0.4, -0.2) is 116 Å². The van der Waals surface area contributed by atoms with Crippen molar-refractivity contribution in [3.8, 4) is 0 Å². The van der Waals surface area contributed by atoms with Crippen LogP contribution in [0.15, 0.2) is 54.6 Å². The first-order valence-electron chi connectivity index (χ1n) is 20.0. The predicted octanol–water partition coefficient (Wildman–Crippen LogP) is 3.61. The van der Waals surface area contributed by atoms with Crippen molar-refractivity contribution in [1.29, 1.82) is 0 Å². The standard InChI is InChI=1S/C43H54N2O10/c1-6-44-22-40(23-55-38(48)26-14-10-11-15-29(26)45-32(46)18-24(2)37(45)47)17-16-31(52-4)42-28-19-27-30(51-3)20-41(49,43(50,39(42)44)36(53-5)35(40)42)33(28)34(27)54-21-25-12-8-7-9-13-25/h7-15,24,27-28,30-31,33-36,39,49-50H,6,16-23H2,1-5H3. The number of fused-ring (bicyclic) bond motifs is 2. The number of piperidine rings is 1. The van der Waals surface area contributed by atoms with Crippen LogP contribution >= 0.6 is 0 Å². The first kappa shape index (κ1) is 37.4. The summed E-state index contributed by atoms with van der Waals surface area (Å²) in [4.78, 5) is 43.6. The number of likely N-dealkylation sites (tertiary alicyclic amines) is 1. The summed E-state index contributed by atoms with van der Waals surface area (Å²) < 4.78 is 32.4. The molecule has 2 amide bonds. The lowest BCUT2D eigenvalue weighted by Crippen LogP contribution is -2.82.